The summed E-state index contributed by atoms with van der Waals surface area (Å²) in [5.41, 5.74) is 5.50. The van der Waals surface area contributed by atoms with Crippen LogP contribution in [-0.2, 0) is 0 Å². The van der Waals surface area contributed by atoms with E-state index in [2.05, 4.69) is 118 Å². The van der Waals surface area contributed by atoms with Gasteiger partial charge in [0.25, 0.3) is 0 Å². The zero-order valence-corrected chi connectivity index (χ0v) is 17.1. The van der Waals surface area contributed by atoms with E-state index < -0.39 is 10.0 Å². The summed E-state index contributed by atoms with van der Waals surface area (Å²) in [5, 5.41) is 0. The first-order valence-corrected chi connectivity index (χ1v) is 11.3. The lowest BCUT2D eigenvalue weighted by atomic mass is 9.95. The molecule has 21 heavy (non-hydrogen) atoms. The van der Waals surface area contributed by atoms with Gasteiger partial charge in [-0.3, -0.25) is 0 Å². The summed E-state index contributed by atoms with van der Waals surface area (Å²) in [7, 11) is -0.866. The molecule has 0 saturated heterocycles. The Morgan fingerprint density at radius 1 is 0.619 bits per heavy atom. The number of rotatable bonds is 2. The first-order valence-electron chi connectivity index (χ1n) is 6.67. The maximum atomic E-state index is 2.57. The molecule has 3 heteroatoms. The molecule has 2 aromatic carbocycles. The average Bonchev–Trinajstić information content (AvgIpc) is 2.69. The highest BCUT2D eigenvalue weighted by molar-refractivity contribution is 14.1. The maximum absolute atomic E-state index is 2.57. The molecule has 2 aromatic rings. The molecule has 0 amide bonds. The first-order chi connectivity index (χ1) is 10.0. The Labute approximate surface area is 155 Å². The van der Waals surface area contributed by atoms with Gasteiger partial charge in [0, 0.05) is 17.0 Å². The highest BCUT2D eigenvalue weighted by atomic mass is 127. The molecule has 1 heterocycles. The predicted molar refractivity (Wildman–Crippen MR) is 114 cm³/mol. The lowest BCUT2D eigenvalue weighted by Crippen LogP contribution is -1.89. The summed E-state index contributed by atoms with van der Waals surface area (Å²) in [5.74, 6) is 0. The summed E-state index contributed by atoms with van der Waals surface area (Å²) in [4.78, 5) is 0. The fraction of sp³-hybridized carbons (Fsp3) is 0.111. The number of hydrogen-bond acceptors (Lipinski definition) is 0. The van der Waals surface area contributed by atoms with Crippen LogP contribution in [0.5, 0.6) is 0 Å². The van der Waals surface area contributed by atoms with Crippen molar-refractivity contribution in [2.45, 2.75) is 0 Å². The van der Waals surface area contributed by atoms with Crippen LogP contribution in [0.1, 0.15) is 11.1 Å². The fourth-order valence-corrected chi connectivity index (χ4v) is 7.88. The Morgan fingerprint density at radius 2 is 0.952 bits per heavy atom. The quantitative estimate of drug-likeness (QED) is 0.390. The third-order valence-corrected chi connectivity index (χ3v) is 13.5. The molecule has 0 atom stereocenters. The van der Waals surface area contributed by atoms with Gasteiger partial charge in [-0.1, -0.05) is 60.7 Å². The average molecular weight is 518 g/mol. The minimum atomic E-state index is -0.866. The zero-order chi connectivity index (χ0) is 15.0. The molecular formula is C18H16I2S. The Hall–Kier alpha value is -0.270. The molecule has 0 radical (unpaired) electrons. The summed E-state index contributed by atoms with van der Waals surface area (Å²) in [6, 6.07) is 21.6. The van der Waals surface area contributed by atoms with Crippen molar-refractivity contribution in [1.82, 2.24) is 0 Å². The fourth-order valence-electron chi connectivity index (χ4n) is 2.51. The summed E-state index contributed by atoms with van der Waals surface area (Å²) < 4.78 is 3.02. The maximum Gasteiger partial charge on any atom is 0.0412 e. The SMILES string of the molecule is CS1(C)C(I)=C(c2ccccc2)C(c2ccccc2)=C1I. The van der Waals surface area contributed by atoms with Crippen molar-refractivity contribution in [3.05, 3.63) is 77.6 Å². The number of allylic oxidation sites excluding steroid dienone is 2. The van der Waals surface area contributed by atoms with Gasteiger partial charge in [0.05, 0.1) is 0 Å². The van der Waals surface area contributed by atoms with Crippen LogP contribution in [0.4, 0.5) is 0 Å². The number of benzene rings is 2. The Morgan fingerprint density at radius 3 is 1.29 bits per heavy atom. The van der Waals surface area contributed by atoms with Gasteiger partial charge in [-0.15, -0.1) is 0 Å². The second-order valence-corrected chi connectivity index (χ2v) is 12.4. The van der Waals surface area contributed by atoms with Crippen LogP contribution in [-0.4, -0.2) is 12.5 Å². The van der Waals surface area contributed by atoms with Crippen molar-refractivity contribution in [3.63, 3.8) is 0 Å². The van der Waals surface area contributed by atoms with Crippen molar-refractivity contribution in [2.24, 2.45) is 0 Å². The van der Waals surface area contributed by atoms with Gasteiger partial charge in [-0.2, -0.15) is 10.0 Å². The topological polar surface area (TPSA) is 0 Å². The van der Waals surface area contributed by atoms with E-state index in [0.29, 0.717) is 0 Å². The monoisotopic (exact) mass is 518 g/mol. The summed E-state index contributed by atoms with van der Waals surface area (Å²) in [6.07, 6.45) is 4.80. The molecule has 108 valence electrons. The predicted octanol–water partition coefficient (Wildman–Crippen LogP) is 6.67. The Balaban J connectivity index is 2.27. The highest BCUT2D eigenvalue weighted by Gasteiger charge is 2.35. The van der Waals surface area contributed by atoms with E-state index in [0.717, 1.165) is 0 Å². The van der Waals surface area contributed by atoms with Crippen LogP contribution in [0.3, 0.4) is 0 Å². The zero-order valence-electron chi connectivity index (χ0n) is 11.9. The van der Waals surface area contributed by atoms with Gasteiger partial charge in [0.15, 0.2) is 0 Å². The second-order valence-electron chi connectivity index (χ2n) is 5.36. The molecule has 0 saturated carbocycles. The Bertz CT molecular complexity index is 665. The smallest absolute Gasteiger partial charge is 0.0412 e. The molecule has 1 aliphatic rings. The summed E-state index contributed by atoms with van der Waals surface area (Å²) >= 11 is 5.14. The molecule has 0 aliphatic carbocycles. The highest BCUT2D eigenvalue weighted by Crippen LogP contribution is 2.71. The first kappa shape index (κ1) is 15.6. The lowest BCUT2D eigenvalue weighted by molar-refractivity contribution is 1.59. The van der Waals surface area contributed by atoms with Crippen LogP contribution >= 0.6 is 55.2 Å². The van der Waals surface area contributed by atoms with Crippen molar-refractivity contribution in [2.75, 3.05) is 12.5 Å². The lowest BCUT2D eigenvalue weighted by Gasteiger charge is -2.27. The van der Waals surface area contributed by atoms with Gasteiger partial charge >= 0.3 is 0 Å². The van der Waals surface area contributed by atoms with Crippen molar-refractivity contribution in [3.8, 4) is 0 Å². The molecule has 0 bridgehead atoms. The van der Waals surface area contributed by atoms with Crippen LogP contribution in [0, 0.1) is 0 Å². The van der Waals surface area contributed by atoms with Crippen LogP contribution in [0.15, 0.2) is 66.5 Å². The van der Waals surface area contributed by atoms with Crippen molar-refractivity contribution in [1.29, 1.82) is 0 Å². The molecule has 1 aliphatic heterocycles. The second kappa shape index (κ2) is 6.08. The molecule has 0 spiro atoms. The van der Waals surface area contributed by atoms with Crippen LogP contribution < -0.4 is 0 Å². The van der Waals surface area contributed by atoms with E-state index in [9.17, 15) is 0 Å². The van der Waals surface area contributed by atoms with Gasteiger partial charge in [-0.05, 0) is 68.8 Å². The molecule has 0 fully saturated rings. The van der Waals surface area contributed by atoms with Gasteiger partial charge in [-0.25, -0.2) is 0 Å². The number of halogens is 2. The van der Waals surface area contributed by atoms with Gasteiger partial charge in [0.2, 0.25) is 0 Å². The third-order valence-electron chi connectivity index (χ3n) is 3.66. The van der Waals surface area contributed by atoms with E-state index >= 15 is 0 Å². The molecule has 0 nitrogen and oxygen atoms in total. The van der Waals surface area contributed by atoms with Gasteiger partial charge < -0.3 is 0 Å². The Kier molecular flexibility index (Phi) is 4.52. The van der Waals surface area contributed by atoms with Crippen LogP contribution in [0.25, 0.3) is 11.1 Å². The van der Waals surface area contributed by atoms with Gasteiger partial charge in [0.1, 0.15) is 0 Å². The van der Waals surface area contributed by atoms with E-state index in [1.807, 2.05) is 0 Å². The molecule has 3 rings (SSSR count). The van der Waals surface area contributed by atoms with E-state index in [1.165, 1.54) is 28.1 Å². The van der Waals surface area contributed by atoms with Crippen LogP contribution in [0.2, 0.25) is 0 Å². The van der Waals surface area contributed by atoms with Crippen molar-refractivity contribution < 1.29 is 0 Å². The molecule has 0 unspecified atom stereocenters. The standard InChI is InChI=1S/C18H16I2S/c1-21(2)17(19)15(13-9-5-3-6-10-13)16(18(21)20)14-11-7-4-8-12-14/h3-12H,1-2H3. The minimum Gasteiger partial charge on any atom is -0.181 e. The molecule has 0 N–H and O–H groups in total. The van der Waals surface area contributed by atoms with E-state index in [-0.39, 0.29) is 0 Å². The van der Waals surface area contributed by atoms with E-state index in [4.69, 9.17) is 0 Å². The normalized spacial score (nSPS) is 19.0. The third kappa shape index (κ3) is 2.72. The van der Waals surface area contributed by atoms with Crippen molar-refractivity contribution >= 4 is 66.4 Å². The minimum absolute atomic E-state index is 0.866. The number of hydrogen-bond donors (Lipinski definition) is 0. The van der Waals surface area contributed by atoms with E-state index in [1.54, 1.807) is 0 Å². The molecule has 0 aromatic heterocycles. The molecular weight excluding hydrogens is 502 g/mol. The largest absolute Gasteiger partial charge is 0.181 e. The summed E-state index contributed by atoms with van der Waals surface area (Å²) in [6.45, 7) is 0.